The summed E-state index contributed by atoms with van der Waals surface area (Å²) in [6, 6.07) is 5.29. The van der Waals surface area contributed by atoms with Gasteiger partial charge in [-0.2, -0.15) is 5.10 Å². The molecule has 0 bridgehead atoms. The molecule has 0 fully saturated rings. The maximum Gasteiger partial charge on any atom is 0.216 e. The summed E-state index contributed by atoms with van der Waals surface area (Å²) >= 11 is 6.08. The predicted octanol–water partition coefficient (Wildman–Crippen LogP) is 2.33. The topological polar surface area (TPSA) is 86.7 Å². The van der Waals surface area contributed by atoms with Crippen molar-refractivity contribution < 1.29 is 9.47 Å². The smallest absolute Gasteiger partial charge is 0.216 e. The van der Waals surface area contributed by atoms with Gasteiger partial charge in [0.25, 0.3) is 0 Å². The van der Waals surface area contributed by atoms with Crippen LogP contribution in [0, 0.1) is 6.92 Å². The fourth-order valence-corrected chi connectivity index (χ4v) is 2.47. The van der Waals surface area contributed by atoms with Crippen LogP contribution in [0.5, 0.6) is 11.6 Å². The molecule has 0 atom stereocenters. The second-order valence-electron chi connectivity index (χ2n) is 4.87. The SMILES string of the molecule is COc1ccc(NC(N)=NCc2c(C)nn(C)c2OC)cc1Cl. The van der Waals surface area contributed by atoms with Crippen molar-refractivity contribution in [3.05, 3.63) is 34.5 Å². The highest BCUT2D eigenvalue weighted by Crippen LogP contribution is 2.27. The second kappa shape index (κ2) is 7.23. The molecule has 1 heterocycles. The first-order chi connectivity index (χ1) is 11.0. The number of halogens is 1. The Morgan fingerprint density at radius 3 is 2.74 bits per heavy atom. The molecule has 2 aromatic rings. The third-order valence-electron chi connectivity index (χ3n) is 3.31. The Balaban J connectivity index is 2.10. The molecule has 0 aliphatic carbocycles. The predicted molar refractivity (Wildman–Crippen MR) is 91.5 cm³/mol. The van der Waals surface area contributed by atoms with Crippen molar-refractivity contribution in [3.8, 4) is 11.6 Å². The number of aliphatic imine (C=N–C) groups is 1. The minimum Gasteiger partial charge on any atom is -0.495 e. The molecule has 7 nitrogen and oxygen atoms in total. The number of rotatable bonds is 5. The summed E-state index contributed by atoms with van der Waals surface area (Å²) in [7, 11) is 4.98. The van der Waals surface area contributed by atoms with Crippen LogP contribution in [0.1, 0.15) is 11.3 Å². The Morgan fingerprint density at radius 2 is 2.13 bits per heavy atom. The molecule has 8 heteroatoms. The number of aryl methyl sites for hydroxylation is 2. The Hall–Kier alpha value is -2.41. The van der Waals surface area contributed by atoms with Gasteiger partial charge < -0.3 is 20.5 Å². The molecule has 3 N–H and O–H groups in total. The molecule has 0 radical (unpaired) electrons. The van der Waals surface area contributed by atoms with Gasteiger partial charge in [-0.25, -0.2) is 9.67 Å². The number of guanidine groups is 1. The third-order valence-corrected chi connectivity index (χ3v) is 3.61. The Morgan fingerprint density at radius 1 is 1.39 bits per heavy atom. The van der Waals surface area contributed by atoms with Crippen LogP contribution >= 0.6 is 11.6 Å². The van der Waals surface area contributed by atoms with Crippen molar-refractivity contribution in [2.24, 2.45) is 17.8 Å². The average Bonchev–Trinajstić information content (AvgIpc) is 2.78. The van der Waals surface area contributed by atoms with E-state index in [4.69, 9.17) is 26.8 Å². The van der Waals surface area contributed by atoms with Gasteiger partial charge in [0.15, 0.2) is 5.96 Å². The van der Waals surface area contributed by atoms with Gasteiger partial charge in [0, 0.05) is 12.7 Å². The molecule has 0 saturated heterocycles. The van der Waals surface area contributed by atoms with Gasteiger partial charge in [0.1, 0.15) is 5.75 Å². The van der Waals surface area contributed by atoms with Crippen molar-refractivity contribution >= 4 is 23.2 Å². The van der Waals surface area contributed by atoms with Gasteiger partial charge in [0.05, 0.1) is 37.0 Å². The number of hydrogen-bond acceptors (Lipinski definition) is 4. The summed E-state index contributed by atoms with van der Waals surface area (Å²) in [4.78, 5) is 4.32. The summed E-state index contributed by atoms with van der Waals surface area (Å²) < 4.78 is 12.1. The van der Waals surface area contributed by atoms with Crippen molar-refractivity contribution in [1.29, 1.82) is 0 Å². The molecule has 2 rings (SSSR count). The average molecular weight is 338 g/mol. The van der Waals surface area contributed by atoms with E-state index in [2.05, 4.69) is 15.4 Å². The lowest BCUT2D eigenvalue weighted by atomic mass is 10.2. The number of methoxy groups -OCH3 is 2. The molecule has 0 aliphatic rings. The largest absolute Gasteiger partial charge is 0.495 e. The van der Waals surface area contributed by atoms with Crippen LogP contribution in [-0.4, -0.2) is 30.0 Å². The van der Waals surface area contributed by atoms with Crippen molar-refractivity contribution in [2.75, 3.05) is 19.5 Å². The highest BCUT2D eigenvalue weighted by molar-refractivity contribution is 6.32. The van der Waals surface area contributed by atoms with Gasteiger partial charge in [-0.1, -0.05) is 11.6 Å². The zero-order valence-electron chi connectivity index (χ0n) is 13.6. The lowest BCUT2D eigenvalue weighted by molar-refractivity contribution is 0.369. The lowest BCUT2D eigenvalue weighted by Gasteiger charge is -2.08. The monoisotopic (exact) mass is 337 g/mol. The number of aromatic nitrogens is 2. The zero-order chi connectivity index (χ0) is 17.0. The van der Waals surface area contributed by atoms with E-state index in [1.54, 1.807) is 31.0 Å². The molecule has 0 unspecified atom stereocenters. The normalized spacial score (nSPS) is 11.4. The first-order valence-corrected chi connectivity index (χ1v) is 7.31. The van der Waals surface area contributed by atoms with Gasteiger partial charge in [-0.3, -0.25) is 0 Å². The third kappa shape index (κ3) is 3.87. The number of nitrogens with one attached hydrogen (secondary N) is 1. The molecule has 124 valence electrons. The van der Waals surface area contributed by atoms with Crippen LogP contribution < -0.4 is 20.5 Å². The van der Waals surface area contributed by atoms with Crippen LogP contribution in [0.15, 0.2) is 23.2 Å². The number of ether oxygens (including phenoxy) is 2. The van der Waals surface area contributed by atoms with E-state index in [0.29, 0.717) is 23.2 Å². The Labute approximate surface area is 140 Å². The van der Waals surface area contributed by atoms with E-state index < -0.39 is 0 Å². The first-order valence-electron chi connectivity index (χ1n) is 6.93. The maximum absolute atomic E-state index is 6.08. The van der Waals surface area contributed by atoms with Crippen molar-refractivity contribution in [1.82, 2.24) is 9.78 Å². The van der Waals surface area contributed by atoms with Gasteiger partial charge in [-0.15, -0.1) is 0 Å². The molecule has 0 aliphatic heterocycles. The van der Waals surface area contributed by atoms with Crippen molar-refractivity contribution in [2.45, 2.75) is 13.5 Å². The maximum atomic E-state index is 6.08. The number of anilines is 1. The number of nitrogens with two attached hydrogens (primary N) is 1. The van der Waals surface area contributed by atoms with Crippen LogP contribution in [0.3, 0.4) is 0 Å². The molecular formula is C15H20ClN5O2. The summed E-state index contributed by atoms with van der Waals surface area (Å²) in [5.74, 6) is 1.55. The van der Waals surface area contributed by atoms with Crippen LogP contribution in [0.25, 0.3) is 0 Å². The zero-order valence-corrected chi connectivity index (χ0v) is 14.3. The highest BCUT2D eigenvalue weighted by Gasteiger charge is 2.13. The van der Waals surface area contributed by atoms with Gasteiger partial charge in [-0.05, 0) is 25.1 Å². The van der Waals surface area contributed by atoms with Gasteiger partial charge >= 0.3 is 0 Å². The van der Waals surface area contributed by atoms with Crippen LogP contribution in [0.4, 0.5) is 5.69 Å². The molecule has 0 amide bonds. The second-order valence-corrected chi connectivity index (χ2v) is 5.28. The minimum absolute atomic E-state index is 0.275. The van der Waals surface area contributed by atoms with E-state index in [0.717, 1.165) is 16.9 Å². The standard InChI is InChI=1S/C15H20ClN5O2/c1-9-11(14(23-4)21(2)20-9)8-18-15(17)19-10-5-6-13(22-3)12(16)7-10/h5-7H,8H2,1-4H3,(H3,17,18,19). The van der Waals surface area contributed by atoms with Crippen molar-refractivity contribution in [3.63, 3.8) is 0 Å². The highest BCUT2D eigenvalue weighted by atomic mass is 35.5. The molecule has 0 saturated carbocycles. The van der Waals surface area contributed by atoms with E-state index in [1.807, 2.05) is 20.0 Å². The van der Waals surface area contributed by atoms with E-state index >= 15 is 0 Å². The summed E-state index contributed by atoms with van der Waals surface area (Å²) in [6.07, 6.45) is 0. The van der Waals surface area contributed by atoms with E-state index in [-0.39, 0.29) is 5.96 Å². The van der Waals surface area contributed by atoms with E-state index in [1.165, 1.54) is 0 Å². The fraction of sp³-hybridized carbons (Fsp3) is 0.333. The number of hydrogen-bond donors (Lipinski definition) is 2. The van der Waals surface area contributed by atoms with Crippen LogP contribution in [0.2, 0.25) is 5.02 Å². The quantitative estimate of drug-likeness (QED) is 0.646. The molecule has 1 aromatic carbocycles. The Bertz CT molecular complexity index is 727. The molecular weight excluding hydrogens is 318 g/mol. The number of benzene rings is 1. The molecule has 23 heavy (non-hydrogen) atoms. The summed E-state index contributed by atoms with van der Waals surface area (Å²) in [6.45, 7) is 2.27. The summed E-state index contributed by atoms with van der Waals surface area (Å²) in [5.41, 5.74) is 8.40. The molecule has 0 spiro atoms. The summed E-state index contributed by atoms with van der Waals surface area (Å²) in [5, 5.41) is 7.79. The molecule has 1 aromatic heterocycles. The van der Waals surface area contributed by atoms with E-state index in [9.17, 15) is 0 Å². The van der Waals surface area contributed by atoms with Crippen LogP contribution in [-0.2, 0) is 13.6 Å². The van der Waals surface area contributed by atoms with Gasteiger partial charge in [0.2, 0.25) is 5.88 Å². The number of nitrogens with zero attached hydrogens (tertiary/aromatic N) is 3. The minimum atomic E-state index is 0.275. The first kappa shape index (κ1) is 17.0. The fourth-order valence-electron chi connectivity index (χ4n) is 2.21. The Kier molecular flexibility index (Phi) is 5.33. The lowest BCUT2D eigenvalue weighted by Crippen LogP contribution is -2.22.